The highest BCUT2D eigenvalue weighted by molar-refractivity contribution is 5.72. The van der Waals surface area contributed by atoms with E-state index in [1.54, 1.807) is 0 Å². The molecule has 0 radical (unpaired) electrons. The molecule has 1 aliphatic carbocycles. The quantitative estimate of drug-likeness (QED) is 0.635. The van der Waals surface area contributed by atoms with Gasteiger partial charge in [-0.25, -0.2) is 4.79 Å². The molecule has 1 atom stereocenters. The van der Waals surface area contributed by atoms with E-state index in [0.717, 1.165) is 32.4 Å². The molecule has 0 aromatic rings. The molecular weight excluding hydrogens is 168 g/mol. The summed E-state index contributed by atoms with van der Waals surface area (Å²) in [4.78, 5) is 13.5. The van der Waals surface area contributed by atoms with Gasteiger partial charge in [0.25, 0.3) is 0 Å². The number of rotatable bonds is 1. The van der Waals surface area contributed by atoms with Gasteiger partial charge in [-0.1, -0.05) is 0 Å². The number of cyclic esters (lactones) is 1. The van der Waals surface area contributed by atoms with Crippen LogP contribution in [0, 0.1) is 0 Å². The molecular formula is C9H14N2O2. The molecule has 3 aliphatic rings. The minimum atomic E-state index is -0.0915. The Labute approximate surface area is 77.2 Å². The summed E-state index contributed by atoms with van der Waals surface area (Å²) in [5.74, 6) is 0. The summed E-state index contributed by atoms with van der Waals surface area (Å²) in [6.45, 7) is 2.52. The van der Waals surface area contributed by atoms with E-state index in [0.29, 0.717) is 12.6 Å². The smallest absolute Gasteiger partial charge is 0.410 e. The van der Waals surface area contributed by atoms with Crippen molar-refractivity contribution in [3.8, 4) is 0 Å². The third-order valence-corrected chi connectivity index (χ3v) is 3.31. The second-order valence-corrected chi connectivity index (χ2v) is 4.31. The van der Waals surface area contributed by atoms with Crippen LogP contribution < -0.4 is 5.32 Å². The first-order chi connectivity index (χ1) is 6.32. The molecule has 4 nitrogen and oxygen atoms in total. The Morgan fingerprint density at radius 1 is 1.54 bits per heavy atom. The Balaban J connectivity index is 1.89. The van der Waals surface area contributed by atoms with E-state index in [-0.39, 0.29) is 11.6 Å². The lowest BCUT2D eigenvalue weighted by molar-refractivity contribution is 0.150. The largest absolute Gasteiger partial charge is 0.447 e. The van der Waals surface area contributed by atoms with Crippen molar-refractivity contribution in [2.45, 2.75) is 30.8 Å². The van der Waals surface area contributed by atoms with Crippen LogP contribution in [-0.4, -0.2) is 42.3 Å². The zero-order chi connectivity index (χ0) is 8.89. The summed E-state index contributed by atoms with van der Waals surface area (Å²) in [5, 5.41) is 3.31. The van der Waals surface area contributed by atoms with Crippen LogP contribution in [-0.2, 0) is 4.74 Å². The number of amides is 1. The van der Waals surface area contributed by atoms with Gasteiger partial charge in [-0.2, -0.15) is 0 Å². The Bertz CT molecular complexity index is 244. The molecule has 3 rings (SSSR count). The highest BCUT2D eigenvalue weighted by Crippen LogP contribution is 2.39. The first kappa shape index (κ1) is 7.62. The summed E-state index contributed by atoms with van der Waals surface area (Å²) < 4.78 is 5.15. The van der Waals surface area contributed by atoms with Crippen molar-refractivity contribution in [1.29, 1.82) is 0 Å². The Hall–Kier alpha value is -0.770. The first-order valence-corrected chi connectivity index (χ1v) is 4.99. The maximum Gasteiger partial charge on any atom is 0.410 e. The van der Waals surface area contributed by atoms with Gasteiger partial charge in [0.2, 0.25) is 0 Å². The highest BCUT2D eigenvalue weighted by atomic mass is 16.6. The summed E-state index contributed by atoms with van der Waals surface area (Å²) in [6.07, 6.45) is 3.29. The summed E-state index contributed by atoms with van der Waals surface area (Å²) in [7, 11) is 0. The predicted molar refractivity (Wildman–Crippen MR) is 46.4 cm³/mol. The molecule has 1 unspecified atom stereocenters. The topological polar surface area (TPSA) is 41.6 Å². The van der Waals surface area contributed by atoms with Gasteiger partial charge in [0, 0.05) is 12.6 Å². The fourth-order valence-electron chi connectivity index (χ4n) is 2.46. The highest BCUT2D eigenvalue weighted by Gasteiger charge is 2.54. The fourth-order valence-corrected chi connectivity index (χ4v) is 2.46. The average molecular weight is 182 g/mol. The minimum absolute atomic E-state index is 0.0122. The van der Waals surface area contributed by atoms with Crippen LogP contribution in [0.2, 0.25) is 0 Å². The summed E-state index contributed by atoms with van der Waals surface area (Å²) >= 11 is 0. The number of hydrogen-bond donors (Lipinski definition) is 1. The van der Waals surface area contributed by atoms with E-state index in [2.05, 4.69) is 5.32 Å². The lowest BCUT2D eigenvalue weighted by Gasteiger charge is -2.30. The third kappa shape index (κ3) is 0.981. The molecule has 1 amide bonds. The lowest BCUT2D eigenvalue weighted by Crippen LogP contribution is -2.49. The van der Waals surface area contributed by atoms with Crippen LogP contribution in [0.5, 0.6) is 0 Å². The van der Waals surface area contributed by atoms with Crippen molar-refractivity contribution in [1.82, 2.24) is 10.2 Å². The molecule has 1 spiro atoms. The Morgan fingerprint density at radius 2 is 2.38 bits per heavy atom. The van der Waals surface area contributed by atoms with Crippen molar-refractivity contribution in [3.63, 3.8) is 0 Å². The number of nitrogens with one attached hydrogen (secondary N) is 1. The van der Waals surface area contributed by atoms with Gasteiger partial charge >= 0.3 is 6.09 Å². The second kappa shape index (κ2) is 2.38. The lowest BCUT2D eigenvalue weighted by atomic mass is 9.98. The third-order valence-electron chi connectivity index (χ3n) is 3.31. The number of carbonyl (C=O) groups excluding carboxylic acids is 1. The summed E-state index contributed by atoms with van der Waals surface area (Å²) in [5.41, 5.74) is 0.0122. The molecule has 3 fully saturated rings. The van der Waals surface area contributed by atoms with Crippen LogP contribution in [0.4, 0.5) is 4.79 Å². The van der Waals surface area contributed by atoms with E-state index in [1.807, 2.05) is 4.90 Å². The molecule has 2 aliphatic heterocycles. The minimum Gasteiger partial charge on any atom is -0.447 e. The van der Waals surface area contributed by atoms with Crippen molar-refractivity contribution in [3.05, 3.63) is 0 Å². The molecule has 0 aromatic heterocycles. The molecule has 13 heavy (non-hydrogen) atoms. The van der Waals surface area contributed by atoms with Gasteiger partial charge in [0.15, 0.2) is 0 Å². The molecule has 2 saturated heterocycles. The number of carbonyl (C=O) groups is 1. The standard InChI is InChI=1S/C9H14N2O2/c12-8-11(7-1-2-7)9(6-13-8)3-4-10-5-9/h7,10H,1-6H2. The van der Waals surface area contributed by atoms with Crippen LogP contribution in [0.3, 0.4) is 0 Å². The fraction of sp³-hybridized carbons (Fsp3) is 0.889. The van der Waals surface area contributed by atoms with Gasteiger partial charge in [-0.05, 0) is 25.8 Å². The Morgan fingerprint density at radius 3 is 3.00 bits per heavy atom. The predicted octanol–water partition coefficient (Wildman–Crippen LogP) is 0.333. The SMILES string of the molecule is O=C1OCC2(CCNC2)N1C1CC1. The van der Waals surface area contributed by atoms with E-state index in [1.165, 1.54) is 0 Å². The van der Waals surface area contributed by atoms with Crippen LogP contribution >= 0.6 is 0 Å². The number of ether oxygens (including phenoxy) is 1. The molecule has 1 N–H and O–H groups in total. The van der Waals surface area contributed by atoms with Gasteiger partial charge in [0.05, 0.1) is 5.54 Å². The average Bonchev–Trinajstić information content (AvgIpc) is 2.75. The molecule has 72 valence electrons. The molecule has 0 bridgehead atoms. The summed E-state index contributed by atoms with van der Waals surface area (Å²) in [6, 6.07) is 0.481. The molecule has 0 aromatic carbocycles. The van der Waals surface area contributed by atoms with Gasteiger partial charge in [-0.3, -0.25) is 4.90 Å². The Kier molecular flexibility index (Phi) is 1.39. The number of hydrogen-bond acceptors (Lipinski definition) is 3. The zero-order valence-corrected chi connectivity index (χ0v) is 7.58. The van der Waals surface area contributed by atoms with Crippen LogP contribution in [0.25, 0.3) is 0 Å². The van der Waals surface area contributed by atoms with E-state index < -0.39 is 0 Å². The van der Waals surface area contributed by atoms with Crippen molar-refractivity contribution in [2.24, 2.45) is 0 Å². The molecule has 2 heterocycles. The van der Waals surface area contributed by atoms with Crippen LogP contribution in [0.1, 0.15) is 19.3 Å². The maximum atomic E-state index is 11.5. The maximum absolute atomic E-state index is 11.5. The van der Waals surface area contributed by atoms with Gasteiger partial charge in [0.1, 0.15) is 6.61 Å². The monoisotopic (exact) mass is 182 g/mol. The van der Waals surface area contributed by atoms with E-state index in [9.17, 15) is 4.79 Å². The zero-order valence-electron chi connectivity index (χ0n) is 7.58. The normalized spacial score (nSPS) is 38.8. The van der Waals surface area contributed by atoms with E-state index >= 15 is 0 Å². The first-order valence-electron chi connectivity index (χ1n) is 4.99. The van der Waals surface area contributed by atoms with Crippen molar-refractivity contribution >= 4 is 6.09 Å². The van der Waals surface area contributed by atoms with Gasteiger partial charge < -0.3 is 10.1 Å². The van der Waals surface area contributed by atoms with Crippen LogP contribution in [0.15, 0.2) is 0 Å². The molecule has 4 heteroatoms. The van der Waals surface area contributed by atoms with E-state index in [4.69, 9.17) is 4.74 Å². The van der Waals surface area contributed by atoms with Crippen molar-refractivity contribution < 1.29 is 9.53 Å². The number of nitrogens with zero attached hydrogens (tertiary/aromatic N) is 1. The van der Waals surface area contributed by atoms with Crippen molar-refractivity contribution in [2.75, 3.05) is 19.7 Å². The van der Waals surface area contributed by atoms with Gasteiger partial charge in [-0.15, -0.1) is 0 Å². The molecule has 1 saturated carbocycles. The second-order valence-electron chi connectivity index (χ2n) is 4.31.